The molecular weight excluding hydrogens is 244 g/mol. The molecule has 0 aromatic rings. The Kier molecular flexibility index (Phi) is 7.00. The highest BCUT2D eigenvalue weighted by molar-refractivity contribution is 6.08. The Hall–Kier alpha value is -1.52. The fourth-order valence-corrected chi connectivity index (χ4v) is 2.27. The molecule has 1 rings (SSSR count). The van der Waals surface area contributed by atoms with Crippen LogP contribution in [0.4, 0.5) is 0 Å². The van der Waals surface area contributed by atoms with Crippen molar-refractivity contribution in [2.24, 2.45) is 5.92 Å². The Morgan fingerprint density at radius 1 is 1.32 bits per heavy atom. The molecule has 1 saturated carbocycles. The highest BCUT2D eigenvalue weighted by Crippen LogP contribution is 2.24. The molecule has 0 atom stereocenters. The van der Waals surface area contributed by atoms with E-state index >= 15 is 0 Å². The normalized spacial score (nSPS) is 17.4. The molecule has 0 spiro atoms. The smallest absolute Gasteiger partial charge is 0.345 e. The van der Waals surface area contributed by atoms with Gasteiger partial charge < -0.3 is 20.2 Å². The van der Waals surface area contributed by atoms with Crippen LogP contribution in [0.25, 0.3) is 0 Å². The monoisotopic (exact) mass is 268 g/mol. The van der Waals surface area contributed by atoms with Gasteiger partial charge >= 0.3 is 5.97 Å². The molecule has 1 aliphatic rings. The Labute approximate surface area is 114 Å². The van der Waals surface area contributed by atoms with Crippen molar-refractivity contribution < 1.29 is 14.3 Å². The molecule has 0 bridgehead atoms. The SMILES string of the molecule is CCOC(=O)/C(C=N)=C(/NC)OCC1CCCCC1. The summed E-state index contributed by atoms with van der Waals surface area (Å²) < 4.78 is 10.6. The van der Waals surface area contributed by atoms with Gasteiger partial charge in [-0.15, -0.1) is 0 Å². The van der Waals surface area contributed by atoms with Gasteiger partial charge in [-0.2, -0.15) is 0 Å². The zero-order valence-corrected chi connectivity index (χ0v) is 11.8. The average Bonchev–Trinajstić information content (AvgIpc) is 2.44. The number of esters is 1. The first-order chi connectivity index (χ1) is 9.22. The summed E-state index contributed by atoms with van der Waals surface area (Å²) in [6, 6.07) is 0. The van der Waals surface area contributed by atoms with Crippen molar-refractivity contribution in [3.05, 3.63) is 11.5 Å². The quantitative estimate of drug-likeness (QED) is 0.321. The second kappa shape index (κ2) is 8.56. The van der Waals surface area contributed by atoms with Crippen LogP contribution in [0.3, 0.4) is 0 Å². The van der Waals surface area contributed by atoms with Crippen molar-refractivity contribution in [1.82, 2.24) is 5.32 Å². The van der Waals surface area contributed by atoms with Gasteiger partial charge in [-0.25, -0.2) is 4.79 Å². The number of hydrogen-bond acceptors (Lipinski definition) is 5. The maximum atomic E-state index is 11.7. The molecule has 5 heteroatoms. The van der Waals surface area contributed by atoms with Crippen LogP contribution in [0.1, 0.15) is 39.0 Å². The Balaban J connectivity index is 2.61. The molecule has 0 amide bonds. The van der Waals surface area contributed by atoms with Crippen molar-refractivity contribution in [2.45, 2.75) is 39.0 Å². The second-order valence-corrected chi connectivity index (χ2v) is 4.67. The lowest BCUT2D eigenvalue weighted by Gasteiger charge is -2.22. The maximum absolute atomic E-state index is 11.7. The van der Waals surface area contributed by atoms with Crippen LogP contribution in [-0.2, 0) is 14.3 Å². The van der Waals surface area contributed by atoms with Crippen LogP contribution in [0.2, 0.25) is 0 Å². The molecule has 0 aromatic carbocycles. The Bertz CT molecular complexity index is 334. The molecule has 0 heterocycles. The second-order valence-electron chi connectivity index (χ2n) is 4.67. The summed E-state index contributed by atoms with van der Waals surface area (Å²) in [5.41, 5.74) is 0.139. The third kappa shape index (κ3) is 4.93. The van der Waals surface area contributed by atoms with Crippen molar-refractivity contribution in [3.63, 3.8) is 0 Å². The molecule has 1 fully saturated rings. The van der Waals surface area contributed by atoms with Crippen LogP contribution < -0.4 is 5.32 Å². The topological polar surface area (TPSA) is 71.4 Å². The molecule has 19 heavy (non-hydrogen) atoms. The van der Waals surface area contributed by atoms with Gasteiger partial charge in [0.2, 0.25) is 5.88 Å². The first-order valence-corrected chi connectivity index (χ1v) is 6.95. The molecule has 0 aliphatic heterocycles. The Morgan fingerprint density at radius 3 is 2.53 bits per heavy atom. The number of nitrogens with one attached hydrogen (secondary N) is 2. The number of hydrogen-bond donors (Lipinski definition) is 2. The summed E-state index contributed by atoms with van der Waals surface area (Å²) in [4.78, 5) is 11.7. The van der Waals surface area contributed by atoms with Crippen LogP contribution in [0.5, 0.6) is 0 Å². The standard InChI is InChI=1S/C14H24N2O3/c1-3-18-14(17)12(9-15)13(16-2)19-10-11-7-5-4-6-8-11/h9,11,15-16H,3-8,10H2,1-2H3/b13-12-,15-9?. The molecule has 0 radical (unpaired) electrons. The molecule has 2 N–H and O–H groups in total. The molecule has 0 unspecified atom stereocenters. The fraction of sp³-hybridized carbons (Fsp3) is 0.714. The highest BCUT2D eigenvalue weighted by atomic mass is 16.5. The van der Waals surface area contributed by atoms with Gasteiger partial charge in [0, 0.05) is 13.3 Å². The summed E-state index contributed by atoms with van der Waals surface area (Å²) in [6.07, 6.45) is 7.14. The zero-order chi connectivity index (χ0) is 14.1. The molecule has 0 saturated heterocycles. The minimum absolute atomic E-state index is 0.139. The van der Waals surface area contributed by atoms with E-state index in [0.717, 1.165) is 6.21 Å². The van der Waals surface area contributed by atoms with Crippen molar-refractivity contribution >= 4 is 12.2 Å². The predicted molar refractivity (Wildman–Crippen MR) is 74.0 cm³/mol. The molecule has 1 aliphatic carbocycles. The van der Waals surface area contributed by atoms with Gasteiger partial charge in [-0.05, 0) is 25.7 Å². The van der Waals surface area contributed by atoms with Crippen molar-refractivity contribution in [1.29, 1.82) is 5.41 Å². The van der Waals surface area contributed by atoms with E-state index in [1.807, 2.05) is 0 Å². The van der Waals surface area contributed by atoms with E-state index < -0.39 is 5.97 Å². The minimum Gasteiger partial charge on any atom is -0.478 e. The molecule has 0 aromatic heterocycles. The maximum Gasteiger partial charge on any atom is 0.345 e. The van der Waals surface area contributed by atoms with Crippen LogP contribution in [0, 0.1) is 11.3 Å². The lowest BCUT2D eigenvalue weighted by molar-refractivity contribution is -0.138. The van der Waals surface area contributed by atoms with Gasteiger partial charge in [0.05, 0.1) is 13.2 Å². The van der Waals surface area contributed by atoms with E-state index in [9.17, 15) is 4.79 Å². The number of carbonyl (C=O) groups excluding carboxylic acids is 1. The van der Waals surface area contributed by atoms with Crippen LogP contribution >= 0.6 is 0 Å². The van der Waals surface area contributed by atoms with Crippen molar-refractivity contribution in [2.75, 3.05) is 20.3 Å². The third-order valence-corrected chi connectivity index (χ3v) is 3.30. The third-order valence-electron chi connectivity index (χ3n) is 3.30. The van der Waals surface area contributed by atoms with Crippen molar-refractivity contribution in [3.8, 4) is 0 Å². The van der Waals surface area contributed by atoms with Gasteiger partial charge in [0.15, 0.2) is 0 Å². The summed E-state index contributed by atoms with van der Waals surface area (Å²) in [6.45, 7) is 2.62. The lowest BCUT2D eigenvalue weighted by Crippen LogP contribution is -2.22. The van der Waals surface area contributed by atoms with Gasteiger partial charge in [-0.1, -0.05) is 19.3 Å². The molecule has 5 nitrogen and oxygen atoms in total. The highest BCUT2D eigenvalue weighted by Gasteiger charge is 2.18. The van der Waals surface area contributed by atoms with E-state index in [1.165, 1.54) is 32.1 Å². The zero-order valence-electron chi connectivity index (χ0n) is 11.8. The van der Waals surface area contributed by atoms with Gasteiger partial charge in [0.1, 0.15) is 5.57 Å². The summed E-state index contributed by atoms with van der Waals surface area (Å²) >= 11 is 0. The first-order valence-electron chi connectivity index (χ1n) is 6.95. The van der Waals surface area contributed by atoms with Gasteiger partial charge in [-0.3, -0.25) is 0 Å². The van der Waals surface area contributed by atoms with E-state index in [4.69, 9.17) is 14.9 Å². The summed E-state index contributed by atoms with van der Waals surface area (Å²) in [7, 11) is 1.68. The first kappa shape index (κ1) is 15.5. The summed E-state index contributed by atoms with van der Waals surface area (Å²) in [5.74, 6) is 0.357. The van der Waals surface area contributed by atoms with E-state index in [2.05, 4.69) is 5.32 Å². The number of ether oxygens (including phenoxy) is 2. The van der Waals surface area contributed by atoms with E-state index in [1.54, 1.807) is 14.0 Å². The van der Waals surface area contributed by atoms with Crippen LogP contribution in [-0.4, -0.2) is 32.4 Å². The predicted octanol–water partition coefficient (Wildman–Crippen LogP) is 2.23. The minimum atomic E-state index is -0.523. The van der Waals surface area contributed by atoms with E-state index in [-0.39, 0.29) is 12.2 Å². The summed E-state index contributed by atoms with van der Waals surface area (Å²) in [5, 5.41) is 10.2. The molecule has 108 valence electrons. The fourth-order valence-electron chi connectivity index (χ4n) is 2.27. The van der Waals surface area contributed by atoms with E-state index in [0.29, 0.717) is 18.4 Å². The number of carbonyl (C=O) groups is 1. The van der Waals surface area contributed by atoms with Gasteiger partial charge in [0.25, 0.3) is 0 Å². The molecular formula is C14H24N2O3. The lowest BCUT2D eigenvalue weighted by atomic mass is 9.90. The largest absolute Gasteiger partial charge is 0.478 e. The average molecular weight is 268 g/mol. The van der Waals surface area contributed by atoms with Crippen LogP contribution in [0.15, 0.2) is 11.5 Å². The number of rotatable bonds is 7. The Morgan fingerprint density at radius 2 is 2.00 bits per heavy atom.